The molecule has 0 aromatic heterocycles. The van der Waals surface area contributed by atoms with E-state index < -0.39 is 0 Å². The van der Waals surface area contributed by atoms with Gasteiger partial charge in [-0.1, -0.05) is 59.3 Å². The fourth-order valence-corrected chi connectivity index (χ4v) is 1.43. The van der Waals surface area contributed by atoms with Gasteiger partial charge in [0.05, 0.1) is 0 Å². The van der Waals surface area contributed by atoms with Gasteiger partial charge in [-0.3, -0.25) is 0 Å². The van der Waals surface area contributed by atoms with Gasteiger partial charge in [-0.25, -0.2) is 0 Å². The van der Waals surface area contributed by atoms with Crippen molar-refractivity contribution < 1.29 is 0 Å². The standard InChI is InChI=1S/C9H15N.3C2H6/c1-3-4-8-7(2)5-6-9(8)10;3*1-2/h3-4,9H,5-6,10H2,1-2H3;3*1-2H3/b4-3-;;;. The lowest BCUT2D eigenvalue weighted by Crippen LogP contribution is -2.17. The average Bonchev–Trinajstić information content (AvgIpc) is 2.69. The normalized spacial score (nSPS) is 17.9. The first kappa shape index (κ1) is 20.8. The van der Waals surface area contributed by atoms with Crippen molar-refractivity contribution in [2.45, 2.75) is 74.3 Å². The summed E-state index contributed by atoms with van der Waals surface area (Å²) in [4.78, 5) is 0. The van der Waals surface area contributed by atoms with Crippen LogP contribution in [0.3, 0.4) is 0 Å². The summed E-state index contributed by atoms with van der Waals surface area (Å²) in [6, 6.07) is 0.302. The number of hydrogen-bond donors (Lipinski definition) is 1. The fraction of sp³-hybridized carbons (Fsp3) is 0.733. The molecule has 2 N–H and O–H groups in total. The maximum atomic E-state index is 5.85. The van der Waals surface area contributed by atoms with E-state index in [0.29, 0.717) is 6.04 Å². The van der Waals surface area contributed by atoms with Gasteiger partial charge >= 0.3 is 0 Å². The van der Waals surface area contributed by atoms with E-state index in [1.165, 1.54) is 17.6 Å². The Balaban J connectivity index is -0.000000245. The minimum Gasteiger partial charge on any atom is -0.324 e. The van der Waals surface area contributed by atoms with Crippen molar-refractivity contribution >= 4 is 0 Å². The average molecular weight is 227 g/mol. The Labute approximate surface area is 104 Å². The summed E-state index contributed by atoms with van der Waals surface area (Å²) in [5.74, 6) is 0. The highest BCUT2D eigenvalue weighted by Gasteiger charge is 2.16. The SMILES string of the molecule is C/C=C\C1=C(C)CCC1N.CC.CC.CC. The van der Waals surface area contributed by atoms with Gasteiger partial charge in [0, 0.05) is 6.04 Å². The van der Waals surface area contributed by atoms with E-state index in [9.17, 15) is 0 Å². The fourth-order valence-electron chi connectivity index (χ4n) is 1.43. The number of allylic oxidation sites excluding steroid dienone is 2. The summed E-state index contributed by atoms with van der Waals surface area (Å²) >= 11 is 0. The van der Waals surface area contributed by atoms with Gasteiger partial charge in [0.1, 0.15) is 0 Å². The van der Waals surface area contributed by atoms with E-state index >= 15 is 0 Å². The Morgan fingerprint density at radius 3 is 1.75 bits per heavy atom. The van der Waals surface area contributed by atoms with Gasteiger partial charge < -0.3 is 5.73 Å². The van der Waals surface area contributed by atoms with E-state index in [1.54, 1.807) is 0 Å². The molecule has 1 rings (SSSR count). The molecule has 0 saturated heterocycles. The van der Waals surface area contributed by atoms with Crippen LogP contribution >= 0.6 is 0 Å². The summed E-state index contributed by atoms with van der Waals surface area (Å²) in [7, 11) is 0. The molecular formula is C15H33N. The van der Waals surface area contributed by atoms with Gasteiger partial charge in [0.15, 0.2) is 0 Å². The molecule has 0 radical (unpaired) electrons. The topological polar surface area (TPSA) is 26.0 Å². The Morgan fingerprint density at radius 1 is 1.06 bits per heavy atom. The summed E-state index contributed by atoms with van der Waals surface area (Å²) in [5.41, 5.74) is 8.66. The Bertz CT molecular complexity index is 178. The highest BCUT2D eigenvalue weighted by atomic mass is 14.6. The van der Waals surface area contributed by atoms with Crippen LogP contribution in [0.15, 0.2) is 23.3 Å². The molecule has 0 aromatic carbocycles. The van der Waals surface area contributed by atoms with Crippen LogP contribution in [0.1, 0.15) is 68.2 Å². The van der Waals surface area contributed by atoms with Crippen molar-refractivity contribution in [2.24, 2.45) is 5.73 Å². The van der Waals surface area contributed by atoms with Crippen LogP contribution in [-0.2, 0) is 0 Å². The molecule has 0 aliphatic heterocycles. The lowest BCUT2D eigenvalue weighted by Gasteiger charge is -2.03. The number of rotatable bonds is 1. The summed E-state index contributed by atoms with van der Waals surface area (Å²) in [5, 5.41) is 0. The second kappa shape index (κ2) is 16.9. The predicted octanol–water partition coefficient (Wildman–Crippen LogP) is 5.08. The van der Waals surface area contributed by atoms with Crippen molar-refractivity contribution in [2.75, 3.05) is 0 Å². The third-order valence-corrected chi connectivity index (χ3v) is 2.07. The first-order valence-corrected chi connectivity index (χ1v) is 6.83. The molecule has 0 saturated carbocycles. The van der Waals surface area contributed by atoms with Crippen LogP contribution in [0.2, 0.25) is 0 Å². The Kier molecular flexibility index (Phi) is 21.9. The lowest BCUT2D eigenvalue weighted by molar-refractivity contribution is 0.758. The van der Waals surface area contributed by atoms with Crippen molar-refractivity contribution in [1.82, 2.24) is 0 Å². The molecule has 0 heterocycles. The Morgan fingerprint density at radius 2 is 1.50 bits per heavy atom. The molecule has 16 heavy (non-hydrogen) atoms. The van der Waals surface area contributed by atoms with Crippen molar-refractivity contribution in [3.63, 3.8) is 0 Å². The molecule has 0 amide bonds. The van der Waals surface area contributed by atoms with Gasteiger partial charge in [0.25, 0.3) is 0 Å². The van der Waals surface area contributed by atoms with Gasteiger partial charge in [-0.2, -0.15) is 0 Å². The monoisotopic (exact) mass is 227 g/mol. The van der Waals surface area contributed by atoms with Crippen LogP contribution in [0, 0.1) is 0 Å². The smallest absolute Gasteiger partial charge is 0.0297 e. The van der Waals surface area contributed by atoms with Crippen LogP contribution in [0.5, 0.6) is 0 Å². The summed E-state index contributed by atoms with van der Waals surface area (Å²) in [6.45, 7) is 16.2. The zero-order valence-corrected chi connectivity index (χ0v) is 12.7. The zero-order valence-electron chi connectivity index (χ0n) is 12.7. The summed E-state index contributed by atoms with van der Waals surface area (Å²) in [6.07, 6.45) is 6.50. The van der Waals surface area contributed by atoms with Crippen molar-refractivity contribution in [3.8, 4) is 0 Å². The molecule has 1 aliphatic carbocycles. The van der Waals surface area contributed by atoms with Crippen molar-refractivity contribution in [3.05, 3.63) is 23.3 Å². The molecule has 98 valence electrons. The Hall–Kier alpha value is -0.560. The molecule has 0 spiro atoms. The predicted molar refractivity (Wildman–Crippen MR) is 78.8 cm³/mol. The molecule has 1 nitrogen and oxygen atoms in total. The van der Waals surface area contributed by atoms with Crippen LogP contribution in [-0.4, -0.2) is 6.04 Å². The van der Waals surface area contributed by atoms with Crippen LogP contribution < -0.4 is 5.73 Å². The van der Waals surface area contributed by atoms with E-state index in [-0.39, 0.29) is 0 Å². The molecule has 1 atom stereocenters. The van der Waals surface area contributed by atoms with Gasteiger partial charge in [-0.15, -0.1) is 0 Å². The highest BCUT2D eigenvalue weighted by Crippen LogP contribution is 2.25. The van der Waals surface area contributed by atoms with Crippen molar-refractivity contribution in [1.29, 1.82) is 0 Å². The number of hydrogen-bond acceptors (Lipinski definition) is 1. The molecule has 0 aromatic rings. The van der Waals surface area contributed by atoms with Crippen LogP contribution in [0.25, 0.3) is 0 Å². The van der Waals surface area contributed by atoms with Gasteiger partial charge in [0.2, 0.25) is 0 Å². The van der Waals surface area contributed by atoms with E-state index in [1.807, 2.05) is 48.5 Å². The van der Waals surface area contributed by atoms with Crippen LogP contribution in [0.4, 0.5) is 0 Å². The summed E-state index contributed by atoms with van der Waals surface area (Å²) < 4.78 is 0. The molecule has 1 heteroatoms. The second-order valence-corrected chi connectivity index (χ2v) is 2.88. The number of nitrogens with two attached hydrogens (primary N) is 1. The highest BCUT2D eigenvalue weighted by molar-refractivity contribution is 5.33. The first-order valence-electron chi connectivity index (χ1n) is 6.83. The third-order valence-electron chi connectivity index (χ3n) is 2.07. The quantitative estimate of drug-likeness (QED) is 0.664. The third kappa shape index (κ3) is 8.72. The molecule has 1 aliphatic rings. The zero-order chi connectivity index (χ0) is 13.6. The first-order chi connectivity index (χ1) is 7.75. The van der Waals surface area contributed by atoms with E-state index in [4.69, 9.17) is 5.73 Å². The molecule has 0 bridgehead atoms. The largest absolute Gasteiger partial charge is 0.324 e. The molecular weight excluding hydrogens is 194 g/mol. The molecule has 1 unspecified atom stereocenters. The lowest BCUT2D eigenvalue weighted by atomic mass is 10.1. The maximum Gasteiger partial charge on any atom is 0.0297 e. The maximum absolute atomic E-state index is 5.85. The minimum absolute atomic E-state index is 0.302. The van der Waals surface area contributed by atoms with E-state index in [0.717, 1.165) is 6.42 Å². The van der Waals surface area contributed by atoms with E-state index in [2.05, 4.69) is 19.1 Å². The van der Waals surface area contributed by atoms with Gasteiger partial charge in [-0.05, 0) is 32.3 Å². The molecule has 0 fully saturated rings. The minimum atomic E-state index is 0.302. The second-order valence-electron chi connectivity index (χ2n) is 2.88.